The second-order valence-corrected chi connectivity index (χ2v) is 8.09. The number of carbonyl (C=O) groups excluding carboxylic acids is 1. The van der Waals surface area contributed by atoms with Gasteiger partial charge in [0.25, 0.3) is 0 Å². The number of hydrogen-bond donors (Lipinski definition) is 1. The van der Waals surface area contributed by atoms with Crippen molar-refractivity contribution in [1.29, 1.82) is 0 Å². The third-order valence-electron chi connectivity index (χ3n) is 4.50. The van der Waals surface area contributed by atoms with Crippen LogP contribution in [-0.2, 0) is 14.8 Å². The van der Waals surface area contributed by atoms with Crippen molar-refractivity contribution >= 4 is 15.9 Å². The van der Waals surface area contributed by atoms with Crippen LogP contribution in [0.25, 0.3) is 0 Å². The molecule has 2 aliphatic rings. The van der Waals surface area contributed by atoms with E-state index >= 15 is 0 Å². The highest BCUT2D eigenvalue weighted by atomic mass is 32.2. The third-order valence-corrected chi connectivity index (χ3v) is 5.77. The summed E-state index contributed by atoms with van der Waals surface area (Å²) in [6.07, 6.45) is 3.79. The summed E-state index contributed by atoms with van der Waals surface area (Å²) in [5.41, 5.74) is 0. The molecule has 0 aromatic carbocycles. The molecular formula is C13H25N3O4S. The number of likely N-dealkylation sites (N-methyl/N-ethyl adjacent to an activating group) is 1. The predicted molar refractivity (Wildman–Crippen MR) is 79.3 cm³/mol. The molecule has 1 amide bonds. The van der Waals surface area contributed by atoms with E-state index in [1.165, 1.54) is 7.05 Å². The van der Waals surface area contributed by atoms with Gasteiger partial charge >= 0.3 is 0 Å². The Balaban J connectivity index is 1.82. The van der Waals surface area contributed by atoms with Crippen LogP contribution in [0.1, 0.15) is 19.3 Å². The molecule has 8 heteroatoms. The Kier molecular flexibility index (Phi) is 5.24. The molecule has 0 aromatic rings. The first-order valence-corrected chi connectivity index (χ1v) is 9.25. The minimum Gasteiger partial charge on any atom is -0.391 e. The van der Waals surface area contributed by atoms with Gasteiger partial charge in [0.05, 0.1) is 18.9 Å². The Bertz CT molecular complexity index is 474. The molecule has 0 radical (unpaired) electrons. The monoisotopic (exact) mass is 319 g/mol. The fraction of sp³-hybridized carbons (Fsp3) is 0.923. The number of nitrogens with zero attached hydrogens (tertiary/aromatic N) is 3. The second-order valence-electron chi connectivity index (χ2n) is 6.00. The third kappa shape index (κ3) is 4.15. The summed E-state index contributed by atoms with van der Waals surface area (Å²) in [7, 11) is -1.91. The number of hydrogen-bond acceptors (Lipinski definition) is 5. The van der Waals surface area contributed by atoms with E-state index in [1.54, 1.807) is 4.90 Å². The number of aliphatic hydroxyl groups is 1. The molecule has 1 aliphatic heterocycles. The zero-order valence-electron chi connectivity index (χ0n) is 12.7. The SMILES string of the molecule is CN(CC(=O)N1CCN([C@@H]2CCC[C@H]2O)CC1)S(C)(=O)=O. The molecular weight excluding hydrogens is 294 g/mol. The van der Waals surface area contributed by atoms with Crippen LogP contribution in [0.15, 0.2) is 0 Å². The quantitative estimate of drug-likeness (QED) is 0.714. The average Bonchev–Trinajstić information content (AvgIpc) is 2.84. The van der Waals surface area contributed by atoms with Crippen molar-refractivity contribution in [3.8, 4) is 0 Å². The summed E-state index contributed by atoms with van der Waals surface area (Å²) in [6, 6.07) is 0.223. The molecule has 2 rings (SSSR count). The van der Waals surface area contributed by atoms with Gasteiger partial charge in [0.15, 0.2) is 0 Å². The highest BCUT2D eigenvalue weighted by molar-refractivity contribution is 7.88. The minimum atomic E-state index is -3.33. The number of carbonyl (C=O) groups is 1. The van der Waals surface area contributed by atoms with Crippen LogP contribution in [0.5, 0.6) is 0 Å². The number of amides is 1. The molecule has 2 fully saturated rings. The van der Waals surface area contributed by atoms with Crippen molar-refractivity contribution in [3.05, 3.63) is 0 Å². The van der Waals surface area contributed by atoms with Gasteiger partial charge in [0, 0.05) is 39.3 Å². The van der Waals surface area contributed by atoms with Gasteiger partial charge in [0.1, 0.15) is 0 Å². The van der Waals surface area contributed by atoms with Gasteiger partial charge in [0.2, 0.25) is 15.9 Å². The lowest BCUT2D eigenvalue weighted by Gasteiger charge is -2.39. The van der Waals surface area contributed by atoms with E-state index in [-0.39, 0.29) is 24.6 Å². The number of sulfonamides is 1. The number of aliphatic hydroxyl groups excluding tert-OH is 1. The first-order chi connectivity index (χ1) is 9.79. The molecule has 1 saturated heterocycles. The fourth-order valence-electron chi connectivity index (χ4n) is 3.06. The van der Waals surface area contributed by atoms with E-state index in [9.17, 15) is 18.3 Å². The Morgan fingerprint density at radius 1 is 1.24 bits per heavy atom. The van der Waals surface area contributed by atoms with Crippen LogP contribution in [0, 0.1) is 0 Å². The van der Waals surface area contributed by atoms with Crippen molar-refractivity contribution in [2.45, 2.75) is 31.4 Å². The van der Waals surface area contributed by atoms with Crippen molar-refractivity contribution in [1.82, 2.24) is 14.1 Å². The number of piperazine rings is 1. The summed E-state index contributed by atoms with van der Waals surface area (Å²) in [4.78, 5) is 16.1. The Morgan fingerprint density at radius 2 is 1.86 bits per heavy atom. The highest BCUT2D eigenvalue weighted by Crippen LogP contribution is 2.25. The summed E-state index contributed by atoms with van der Waals surface area (Å²) < 4.78 is 23.7. The molecule has 2 atom stereocenters. The van der Waals surface area contributed by atoms with E-state index in [1.807, 2.05) is 0 Å². The van der Waals surface area contributed by atoms with Crippen molar-refractivity contribution in [3.63, 3.8) is 0 Å². The summed E-state index contributed by atoms with van der Waals surface area (Å²) in [5.74, 6) is -0.158. The predicted octanol–water partition coefficient (Wildman–Crippen LogP) is -1.06. The molecule has 0 bridgehead atoms. The topological polar surface area (TPSA) is 81.2 Å². The molecule has 7 nitrogen and oxygen atoms in total. The van der Waals surface area contributed by atoms with Gasteiger partial charge in [-0.3, -0.25) is 9.69 Å². The molecule has 21 heavy (non-hydrogen) atoms. The van der Waals surface area contributed by atoms with Crippen LogP contribution in [0.2, 0.25) is 0 Å². The lowest BCUT2D eigenvalue weighted by Crippen LogP contribution is -2.55. The van der Waals surface area contributed by atoms with Crippen molar-refractivity contribution in [2.75, 3.05) is 46.0 Å². The van der Waals surface area contributed by atoms with E-state index in [0.29, 0.717) is 13.1 Å². The normalized spacial score (nSPS) is 28.3. The van der Waals surface area contributed by atoms with Gasteiger partial charge in [-0.1, -0.05) is 0 Å². The van der Waals surface area contributed by atoms with Gasteiger partial charge in [-0.05, 0) is 19.3 Å². The van der Waals surface area contributed by atoms with Crippen LogP contribution in [0.3, 0.4) is 0 Å². The lowest BCUT2D eigenvalue weighted by atomic mass is 10.1. The van der Waals surface area contributed by atoms with Crippen LogP contribution in [-0.4, -0.2) is 91.7 Å². The van der Waals surface area contributed by atoms with E-state index in [0.717, 1.165) is 42.9 Å². The maximum atomic E-state index is 12.1. The van der Waals surface area contributed by atoms with Gasteiger partial charge in [-0.25, -0.2) is 8.42 Å². The summed E-state index contributed by atoms with van der Waals surface area (Å²) in [5, 5.41) is 9.93. The van der Waals surface area contributed by atoms with E-state index < -0.39 is 10.0 Å². The minimum absolute atomic E-state index is 0.106. The largest absolute Gasteiger partial charge is 0.391 e. The molecule has 1 heterocycles. The lowest BCUT2D eigenvalue weighted by molar-refractivity contribution is -0.133. The molecule has 1 aliphatic carbocycles. The van der Waals surface area contributed by atoms with Crippen LogP contribution in [0.4, 0.5) is 0 Å². The van der Waals surface area contributed by atoms with Crippen LogP contribution < -0.4 is 0 Å². The first-order valence-electron chi connectivity index (χ1n) is 7.40. The van der Waals surface area contributed by atoms with Gasteiger partial charge < -0.3 is 10.0 Å². The maximum Gasteiger partial charge on any atom is 0.237 e. The Morgan fingerprint density at radius 3 is 2.33 bits per heavy atom. The molecule has 0 unspecified atom stereocenters. The molecule has 0 spiro atoms. The Labute approximate surface area is 126 Å². The van der Waals surface area contributed by atoms with Crippen molar-refractivity contribution < 1.29 is 18.3 Å². The summed E-state index contributed by atoms with van der Waals surface area (Å²) >= 11 is 0. The fourth-order valence-corrected chi connectivity index (χ4v) is 3.40. The second kappa shape index (κ2) is 6.60. The first kappa shape index (κ1) is 16.7. The highest BCUT2D eigenvalue weighted by Gasteiger charge is 2.33. The summed E-state index contributed by atoms with van der Waals surface area (Å²) in [6.45, 7) is 2.58. The smallest absolute Gasteiger partial charge is 0.237 e. The standard InChI is InChI=1S/C13H25N3O4S/c1-14(21(2,19)20)10-13(18)16-8-6-15(7-9-16)11-4-3-5-12(11)17/h11-12,17H,3-10H2,1-2H3/t11-,12-/m1/s1. The van der Waals surface area contributed by atoms with E-state index in [2.05, 4.69) is 4.90 Å². The maximum absolute atomic E-state index is 12.1. The molecule has 0 aromatic heterocycles. The van der Waals surface area contributed by atoms with Gasteiger partial charge in [-0.2, -0.15) is 4.31 Å². The zero-order chi connectivity index (χ0) is 15.6. The Hall–Kier alpha value is -0.700. The molecule has 1 N–H and O–H groups in total. The number of rotatable bonds is 4. The van der Waals surface area contributed by atoms with Gasteiger partial charge in [-0.15, -0.1) is 0 Å². The zero-order valence-corrected chi connectivity index (χ0v) is 13.5. The molecule has 1 saturated carbocycles. The van der Waals surface area contributed by atoms with Crippen LogP contribution >= 0.6 is 0 Å². The van der Waals surface area contributed by atoms with E-state index in [4.69, 9.17) is 0 Å². The average molecular weight is 319 g/mol. The van der Waals surface area contributed by atoms with Crippen molar-refractivity contribution in [2.24, 2.45) is 0 Å². The molecule has 122 valence electrons.